The van der Waals surface area contributed by atoms with Gasteiger partial charge in [-0.15, -0.1) is 0 Å². The molecule has 1 aromatic carbocycles. The summed E-state index contributed by atoms with van der Waals surface area (Å²) in [5.41, 5.74) is -0.356. The van der Waals surface area contributed by atoms with Gasteiger partial charge in [-0.25, -0.2) is 8.78 Å². The Bertz CT molecular complexity index is 542. The lowest BCUT2D eigenvalue weighted by molar-refractivity contribution is -0.141. The maximum absolute atomic E-state index is 13.8. The van der Waals surface area contributed by atoms with E-state index in [1.54, 1.807) is 0 Å². The third-order valence-corrected chi connectivity index (χ3v) is 3.74. The molecule has 0 saturated heterocycles. The van der Waals surface area contributed by atoms with Gasteiger partial charge in [0.15, 0.2) is 11.6 Å². The van der Waals surface area contributed by atoms with E-state index in [1.165, 1.54) is 24.1 Å². The molecule has 1 amide bonds. The van der Waals surface area contributed by atoms with Crippen molar-refractivity contribution in [2.45, 2.75) is 31.7 Å². The van der Waals surface area contributed by atoms with Gasteiger partial charge in [0.05, 0.1) is 12.7 Å². The maximum Gasteiger partial charge on any atom is 0.325 e. The Kier molecular flexibility index (Phi) is 4.88. The Morgan fingerprint density at radius 3 is 2.57 bits per heavy atom. The maximum atomic E-state index is 13.8. The molecule has 1 aliphatic carbocycles. The van der Waals surface area contributed by atoms with Gasteiger partial charge >= 0.3 is 5.97 Å². The molecule has 1 fully saturated rings. The van der Waals surface area contributed by atoms with Crippen molar-refractivity contribution in [1.82, 2.24) is 4.90 Å². The number of halogens is 2. The Balaban J connectivity index is 2.28. The number of esters is 1. The zero-order chi connectivity index (χ0) is 15.4. The Morgan fingerprint density at radius 1 is 1.29 bits per heavy atom. The van der Waals surface area contributed by atoms with E-state index in [0.717, 1.165) is 31.7 Å². The van der Waals surface area contributed by atoms with E-state index in [2.05, 4.69) is 4.74 Å². The van der Waals surface area contributed by atoms with Gasteiger partial charge in [-0.1, -0.05) is 18.9 Å². The average molecular weight is 297 g/mol. The third kappa shape index (κ3) is 3.37. The second-order valence-electron chi connectivity index (χ2n) is 5.05. The highest BCUT2D eigenvalue weighted by molar-refractivity contribution is 5.96. The SMILES string of the molecule is COC(=O)CN(C(=O)c1cccc(F)c1F)C1CCCC1. The molecule has 114 valence electrons. The van der Waals surface area contributed by atoms with Crippen LogP contribution in [0.4, 0.5) is 8.78 Å². The summed E-state index contributed by atoms with van der Waals surface area (Å²) in [5, 5.41) is 0. The molecule has 0 N–H and O–H groups in total. The van der Waals surface area contributed by atoms with Gasteiger partial charge in [-0.2, -0.15) is 0 Å². The van der Waals surface area contributed by atoms with E-state index in [0.29, 0.717) is 0 Å². The molecule has 0 aliphatic heterocycles. The molecule has 1 saturated carbocycles. The second kappa shape index (κ2) is 6.65. The van der Waals surface area contributed by atoms with Crippen LogP contribution in [0.1, 0.15) is 36.0 Å². The Hall–Kier alpha value is -1.98. The summed E-state index contributed by atoms with van der Waals surface area (Å²) < 4.78 is 31.6. The van der Waals surface area contributed by atoms with Crippen LogP contribution in [0.2, 0.25) is 0 Å². The number of hydrogen-bond donors (Lipinski definition) is 0. The number of amides is 1. The summed E-state index contributed by atoms with van der Waals surface area (Å²) in [4.78, 5) is 25.2. The molecule has 2 rings (SSSR count). The minimum absolute atomic E-state index is 0.140. The van der Waals surface area contributed by atoms with Crippen LogP contribution in [0.25, 0.3) is 0 Å². The van der Waals surface area contributed by atoms with E-state index < -0.39 is 23.5 Å². The number of methoxy groups -OCH3 is 1. The summed E-state index contributed by atoms with van der Waals surface area (Å²) in [6, 6.07) is 3.31. The number of rotatable bonds is 4. The van der Waals surface area contributed by atoms with E-state index in [9.17, 15) is 18.4 Å². The molecule has 0 heterocycles. The van der Waals surface area contributed by atoms with Gasteiger partial charge in [0.25, 0.3) is 5.91 Å². The van der Waals surface area contributed by atoms with Crippen molar-refractivity contribution in [3.8, 4) is 0 Å². The summed E-state index contributed by atoms with van der Waals surface area (Å²) in [5.74, 6) is -3.52. The monoisotopic (exact) mass is 297 g/mol. The van der Waals surface area contributed by atoms with E-state index in [4.69, 9.17) is 0 Å². The minimum atomic E-state index is -1.18. The summed E-state index contributed by atoms with van der Waals surface area (Å²) in [6.07, 6.45) is 3.39. The Labute approximate surface area is 121 Å². The number of hydrogen-bond acceptors (Lipinski definition) is 3. The molecular formula is C15H17F2NO3. The van der Waals surface area contributed by atoms with Crippen molar-refractivity contribution in [2.24, 2.45) is 0 Å². The van der Waals surface area contributed by atoms with Crippen molar-refractivity contribution < 1.29 is 23.1 Å². The number of carbonyl (C=O) groups excluding carboxylic acids is 2. The smallest absolute Gasteiger partial charge is 0.325 e. The molecule has 6 heteroatoms. The van der Waals surface area contributed by atoms with E-state index in [1.807, 2.05) is 0 Å². The van der Waals surface area contributed by atoms with Crippen LogP contribution in [0.3, 0.4) is 0 Å². The second-order valence-corrected chi connectivity index (χ2v) is 5.05. The van der Waals surface area contributed by atoms with Crippen LogP contribution in [0.5, 0.6) is 0 Å². The molecule has 1 aliphatic rings. The normalized spacial score (nSPS) is 15.0. The van der Waals surface area contributed by atoms with Gasteiger partial charge < -0.3 is 9.64 Å². The highest BCUT2D eigenvalue weighted by atomic mass is 19.2. The summed E-state index contributed by atoms with van der Waals surface area (Å²) in [7, 11) is 1.22. The lowest BCUT2D eigenvalue weighted by Gasteiger charge is -2.28. The molecule has 0 radical (unpaired) electrons. The minimum Gasteiger partial charge on any atom is -0.468 e. The van der Waals surface area contributed by atoms with Crippen molar-refractivity contribution in [1.29, 1.82) is 0 Å². The number of ether oxygens (including phenoxy) is 1. The molecule has 4 nitrogen and oxygen atoms in total. The Morgan fingerprint density at radius 2 is 1.95 bits per heavy atom. The van der Waals surface area contributed by atoms with Gasteiger partial charge in [-0.3, -0.25) is 9.59 Å². The van der Waals surface area contributed by atoms with Gasteiger partial charge in [0.2, 0.25) is 0 Å². The first kappa shape index (κ1) is 15.4. The largest absolute Gasteiger partial charge is 0.468 e. The van der Waals surface area contributed by atoms with Crippen LogP contribution in [0, 0.1) is 11.6 Å². The first-order chi connectivity index (χ1) is 10.0. The highest BCUT2D eigenvalue weighted by Gasteiger charge is 2.31. The van der Waals surface area contributed by atoms with Crippen LogP contribution >= 0.6 is 0 Å². The van der Waals surface area contributed by atoms with Crippen molar-refractivity contribution in [3.63, 3.8) is 0 Å². The molecule has 21 heavy (non-hydrogen) atoms. The van der Waals surface area contributed by atoms with Gasteiger partial charge in [-0.05, 0) is 25.0 Å². The predicted octanol–water partition coefficient (Wildman–Crippen LogP) is 2.52. The average Bonchev–Trinajstić information content (AvgIpc) is 3.00. The summed E-state index contributed by atoms with van der Waals surface area (Å²) >= 11 is 0. The fraction of sp³-hybridized carbons (Fsp3) is 0.467. The molecule has 0 spiro atoms. The van der Waals surface area contributed by atoms with Crippen LogP contribution in [0.15, 0.2) is 18.2 Å². The fourth-order valence-corrected chi connectivity index (χ4v) is 2.61. The lowest BCUT2D eigenvalue weighted by atomic mass is 10.1. The van der Waals surface area contributed by atoms with E-state index >= 15 is 0 Å². The first-order valence-corrected chi connectivity index (χ1v) is 6.86. The quantitative estimate of drug-likeness (QED) is 0.802. The van der Waals surface area contributed by atoms with E-state index in [-0.39, 0.29) is 18.2 Å². The number of benzene rings is 1. The van der Waals surface area contributed by atoms with Gasteiger partial charge in [0, 0.05) is 6.04 Å². The van der Waals surface area contributed by atoms with Crippen molar-refractivity contribution >= 4 is 11.9 Å². The van der Waals surface area contributed by atoms with Crippen LogP contribution in [-0.2, 0) is 9.53 Å². The first-order valence-electron chi connectivity index (χ1n) is 6.86. The molecule has 1 aromatic rings. The fourth-order valence-electron chi connectivity index (χ4n) is 2.61. The molecule has 0 unspecified atom stereocenters. The van der Waals surface area contributed by atoms with Crippen LogP contribution < -0.4 is 0 Å². The predicted molar refractivity (Wildman–Crippen MR) is 71.7 cm³/mol. The molecule has 0 atom stereocenters. The zero-order valence-electron chi connectivity index (χ0n) is 11.8. The number of nitrogens with zero attached hydrogens (tertiary/aromatic N) is 1. The molecule has 0 aromatic heterocycles. The number of carbonyl (C=O) groups is 2. The molecular weight excluding hydrogens is 280 g/mol. The van der Waals surface area contributed by atoms with Gasteiger partial charge in [0.1, 0.15) is 6.54 Å². The zero-order valence-corrected chi connectivity index (χ0v) is 11.8. The van der Waals surface area contributed by atoms with Crippen molar-refractivity contribution in [3.05, 3.63) is 35.4 Å². The van der Waals surface area contributed by atoms with Crippen LogP contribution in [-0.4, -0.2) is 36.5 Å². The standard InChI is InChI=1S/C15H17F2NO3/c1-21-13(19)9-18(10-5-2-3-6-10)15(20)11-7-4-8-12(16)14(11)17/h4,7-8,10H,2-3,5-6,9H2,1H3. The lowest BCUT2D eigenvalue weighted by Crippen LogP contribution is -2.43. The summed E-state index contributed by atoms with van der Waals surface area (Å²) in [6.45, 7) is -0.254. The highest BCUT2D eigenvalue weighted by Crippen LogP contribution is 2.25. The topological polar surface area (TPSA) is 46.6 Å². The molecule has 0 bridgehead atoms. The van der Waals surface area contributed by atoms with Crippen molar-refractivity contribution in [2.75, 3.05) is 13.7 Å². The third-order valence-electron chi connectivity index (χ3n) is 3.74.